The maximum atomic E-state index is 11.0. The zero-order valence-corrected chi connectivity index (χ0v) is 19.2. The second kappa shape index (κ2) is 8.57. The Morgan fingerprint density at radius 2 is 1.71 bits per heavy atom. The van der Waals surface area contributed by atoms with Gasteiger partial charge in [0.15, 0.2) is 0 Å². The van der Waals surface area contributed by atoms with E-state index >= 15 is 0 Å². The highest BCUT2D eigenvalue weighted by atomic mass is 16.6. The number of nitrogens with zero attached hydrogens (tertiary/aromatic N) is 5. The normalized spacial score (nSPS) is 11.4. The van der Waals surface area contributed by atoms with Gasteiger partial charge in [0, 0.05) is 60.3 Å². The highest BCUT2D eigenvalue weighted by Crippen LogP contribution is 2.37. The van der Waals surface area contributed by atoms with Crippen LogP contribution in [0, 0.1) is 10.1 Å². The highest BCUT2D eigenvalue weighted by Gasteiger charge is 2.17. The van der Waals surface area contributed by atoms with Crippen LogP contribution in [-0.4, -0.2) is 43.7 Å². The van der Waals surface area contributed by atoms with E-state index in [4.69, 9.17) is 0 Å². The molecule has 0 aliphatic heterocycles. The van der Waals surface area contributed by atoms with Crippen LogP contribution in [0.15, 0.2) is 73.1 Å². The second-order valence-corrected chi connectivity index (χ2v) is 8.61. The van der Waals surface area contributed by atoms with Crippen LogP contribution in [-0.2, 0) is 13.6 Å². The Morgan fingerprint density at radius 1 is 1.00 bits per heavy atom. The molecule has 0 saturated carbocycles. The third-order valence-electron chi connectivity index (χ3n) is 5.77. The molecule has 5 rings (SSSR count). The van der Waals surface area contributed by atoms with Gasteiger partial charge in [-0.15, -0.1) is 0 Å². The Balaban J connectivity index is 1.57. The van der Waals surface area contributed by atoms with Gasteiger partial charge in [0.2, 0.25) is 0 Å². The summed E-state index contributed by atoms with van der Waals surface area (Å²) in [4.78, 5) is 20.8. The van der Waals surface area contributed by atoms with Crippen molar-refractivity contribution >= 4 is 16.7 Å². The average Bonchev–Trinajstić information content (AvgIpc) is 3.43. The molecular formula is C26H24N6O2. The number of aromatic nitrogens is 4. The van der Waals surface area contributed by atoms with Crippen LogP contribution in [0.4, 0.5) is 5.69 Å². The zero-order valence-electron chi connectivity index (χ0n) is 19.2. The van der Waals surface area contributed by atoms with E-state index in [2.05, 4.69) is 64.4 Å². The summed E-state index contributed by atoms with van der Waals surface area (Å²) in [6, 6.07) is 19.1. The third kappa shape index (κ3) is 4.06. The number of hydrogen-bond donors (Lipinski definition) is 1. The monoisotopic (exact) mass is 452 g/mol. The third-order valence-corrected chi connectivity index (χ3v) is 5.77. The summed E-state index contributed by atoms with van der Waals surface area (Å²) in [5.74, 6) is 0. The minimum atomic E-state index is -0.399. The van der Waals surface area contributed by atoms with E-state index in [1.165, 1.54) is 17.7 Å². The maximum Gasteiger partial charge on any atom is 0.269 e. The van der Waals surface area contributed by atoms with E-state index < -0.39 is 4.92 Å². The van der Waals surface area contributed by atoms with Gasteiger partial charge < -0.3 is 9.88 Å². The molecule has 0 aliphatic carbocycles. The van der Waals surface area contributed by atoms with E-state index in [1.807, 2.05) is 19.3 Å². The Kier molecular flexibility index (Phi) is 5.43. The number of fused-ring (bicyclic) bond motifs is 1. The minimum absolute atomic E-state index is 0.0550. The Labute approximate surface area is 196 Å². The van der Waals surface area contributed by atoms with E-state index in [9.17, 15) is 10.1 Å². The predicted molar refractivity (Wildman–Crippen MR) is 133 cm³/mol. The van der Waals surface area contributed by atoms with E-state index in [1.54, 1.807) is 23.0 Å². The molecule has 0 fully saturated rings. The van der Waals surface area contributed by atoms with Crippen LogP contribution >= 0.6 is 0 Å². The number of pyridine rings is 1. The molecule has 0 bridgehead atoms. The second-order valence-electron chi connectivity index (χ2n) is 8.61. The molecule has 0 unspecified atom stereocenters. The van der Waals surface area contributed by atoms with Crippen molar-refractivity contribution in [2.45, 2.75) is 6.54 Å². The summed E-state index contributed by atoms with van der Waals surface area (Å²) >= 11 is 0. The summed E-state index contributed by atoms with van der Waals surface area (Å²) in [5.41, 5.74) is 7.71. The summed E-state index contributed by atoms with van der Waals surface area (Å²) < 4.78 is 1.76. The van der Waals surface area contributed by atoms with Crippen molar-refractivity contribution in [3.05, 3.63) is 88.7 Å². The predicted octanol–water partition coefficient (Wildman–Crippen LogP) is 5.27. The largest absolute Gasteiger partial charge is 0.339 e. The van der Waals surface area contributed by atoms with Gasteiger partial charge in [0.25, 0.3) is 5.69 Å². The van der Waals surface area contributed by atoms with Gasteiger partial charge in [0.05, 0.1) is 4.92 Å². The van der Waals surface area contributed by atoms with Gasteiger partial charge in [-0.2, -0.15) is 5.10 Å². The van der Waals surface area contributed by atoms with Crippen LogP contribution in [0.5, 0.6) is 0 Å². The van der Waals surface area contributed by atoms with Crippen LogP contribution in [0.2, 0.25) is 0 Å². The number of aromatic amines is 1. The van der Waals surface area contributed by atoms with Crippen LogP contribution < -0.4 is 0 Å². The molecule has 0 radical (unpaired) electrons. The molecule has 8 nitrogen and oxygen atoms in total. The van der Waals surface area contributed by atoms with Gasteiger partial charge in [-0.25, -0.2) is 4.98 Å². The molecule has 5 aromatic rings. The molecule has 0 spiro atoms. The lowest BCUT2D eigenvalue weighted by atomic mass is 10.00. The number of nitro groups is 1. The Bertz CT molecular complexity index is 1480. The van der Waals surface area contributed by atoms with Crippen molar-refractivity contribution < 1.29 is 4.92 Å². The number of H-pyrrole nitrogens is 1. The maximum absolute atomic E-state index is 11.0. The smallest absolute Gasteiger partial charge is 0.269 e. The van der Waals surface area contributed by atoms with E-state index in [0.717, 1.165) is 51.2 Å². The summed E-state index contributed by atoms with van der Waals surface area (Å²) in [5, 5.41) is 16.7. The minimum Gasteiger partial charge on any atom is -0.339 e. The lowest BCUT2D eigenvalue weighted by Crippen LogP contribution is -2.10. The summed E-state index contributed by atoms with van der Waals surface area (Å²) in [6.07, 6.45) is 3.75. The van der Waals surface area contributed by atoms with Gasteiger partial charge in [-0.3, -0.25) is 14.8 Å². The van der Waals surface area contributed by atoms with E-state index in [-0.39, 0.29) is 5.69 Å². The molecule has 170 valence electrons. The highest BCUT2D eigenvalue weighted by molar-refractivity contribution is 5.99. The number of nitro benzene ring substituents is 1. The number of nitrogens with one attached hydrogen (secondary N) is 1. The first-order chi connectivity index (χ1) is 16.4. The number of aryl methyl sites for hydroxylation is 1. The first-order valence-corrected chi connectivity index (χ1v) is 10.9. The molecule has 0 amide bonds. The number of non-ortho nitro benzene ring substituents is 1. The SMILES string of the molecule is CN(C)Cc1ccc(-c2cc3c(-c4cn(C)nc4-c4ccc([N+](=O)[O-])cc4)ccnc3[nH]2)cc1. The van der Waals surface area contributed by atoms with Crippen molar-refractivity contribution in [2.24, 2.45) is 7.05 Å². The molecular weight excluding hydrogens is 428 g/mol. The van der Waals surface area contributed by atoms with Crippen molar-refractivity contribution in [3.63, 3.8) is 0 Å². The van der Waals surface area contributed by atoms with E-state index in [0.29, 0.717) is 0 Å². The van der Waals surface area contributed by atoms with Crippen LogP contribution in [0.3, 0.4) is 0 Å². The van der Waals surface area contributed by atoms with Gasteiger partial charge in [0.1, 0.15) is 11.3 Å². The molecule has 0 aliphatic rings. The fourth-order valence-corrected chi connectivity index (χ4v) is 4.21. The topological polar surface area (TPSA) is 92.9 Å². The lowest BCUT2D eigenvalue weighted by molar-refractivity contribution is -0.384. The number of benzene rings is 2. The molecule has 3 heterocycles. The van der Waals surface area contributed by atoms with Crippen molar-refractivity contribution in [1.82, 2.24) is 24.6 Å². The molecule has 1 N–H and O–H groups in total. The Morgan fingerprint density at radius 3 is 2.38 bits per heavy atom. The quantitative estimate of drug-likeness (QED) is 0.280. The summed E-state index contributed by atoms with van der Waals surface area (Å²) in [6.45, 7) is 0.894. The Hall–Kier alpha value is -4.30. The number of hydrogen-bond acceptors (Lipinski definition) is 5. The standard InChI is InChI=1S/C26H24N6O2/c1-30(2)15-17-4-6-18(7-5-17)24-14-22-21(12-13-27-26(22)28-24)23-16-31(3)29-25(23)19-8-10-20(11-9-19)32(33)34/h4-14,16H,15H2,1-3H3,(H,27,28). The van der Waals surface area contributed by atoms with Crippen LogP contribution in [0.25, 0.3) is 44.7 Å². The van der Waals surface area contributed by atoms with Crippen molar-refractivity contribution in [2.75, 3.05) is 14.1 Å². The zero-order chi connectivity index (χ0) is 23.8. The number of rotatable bonds is 6. The molecule has 8 heteroatoms. The molecule has 0 saturated heterocycles. The summed E-state index contributed by atoms with van der Waals surface area (Å²) in [7, 11) is 5.99. The fourth-order valence-electron chi connectivity index (χ4n) is 4.21. The van der Waals surface area contributed by atoms with Crippen molar-refractivity contribution in [1.29, 1.82) is 0 Å². The van der Waals surface area contributed by atoms with Gasteiger partial charge in [-0.1, -0.05) is 24.3 Å². The van der Waals surface area contributed by atoms with Crippen LogP contribution in [0.1, 0.15) is 5.56 Å². The molecule has 3 aromatic heterocycles. The fraction of sp³-hybridized carbons (Fsp3) is 0.154. The molecule has 34 heavy (non-hydrogen) atoms. The molecule has 2 aromatic carbocycles. The molecule has 0 atom stereocenters. The first kappa shape index (κ1) is 21.5. The lowest BCUT2D eigenvalue weighted by Gasteiger charge is -2.09. The van der Waals surface area contributed by atoms with Crippen molar-refractivity contribution in [3.8, 4) is 33.6 Å². The van der Waals surface area contributed by atoms with Gasteiger partial charge >= 0.3 is 0 Å². The average molecular weight is 453 g/mol. The van der Waals surface area contributed by atoms with Gasteiger partial charge in [-0.05, 0) is 55.1 Å². The first-order valence-electron chi connectivity index (χ1n) is 10.9.